The Bertz CT molecular complexity index is 473. The Morgan fingerprint density at radius 3 is 2.81 bits per heavy atom. The van der Waals surface area contributed by atoms with Crippen LogP contribution >= 0.6 is 15.9 Å². The molecule has 0 saturated heterocycles. The molecular weight excluding hydrogens is 340 g/mol. The summed E-state index contributed by atoms with van der Waals surface area (Å²) in [6.07, 6.45) is 3.34. The third-order valence-corrected chi connectivity index (χ3v) is 3.14. The molecule has 1 N–H and O–H groups in total. The van der Waals surface area contributed by atoms with Gasteiger partial charge in [-0.15, -0.1) is 0 Å². The largest absolute Gasteiger partial charge is 0.492 e. The van der Waals surface area contributed by atoms with Crippen molar-refractivity contribution in [2.75, 3.05) is 33.5 Å². The van der Waals surface area contributed by atoms with Crippen LogP contribution in [0.4, 0.5) is 0 Å². The molecular formula is C15H19BrO5. The lowest BCUT2D eigenvalue weighted by molar-refractivity contribution is -0.131. The first-order chi connectivity index (χ1) is 10.1. The number of para-hydroxylation sites is 1. The lowest BCUT2D eigenvalue weighted by atomic mass is 10.2. The quantitative estimate of drug-likeness (QED) is 0.514. The highest BCUT2D eigenvalue weighted by Crippen LogP contribution is 2.30. The second kappa shape index (κ2) is 10.4. The highest BCUT2D eigenvalue weighted by atomic mass is 79.9. The Morgan fingerprint density at radius 2 is 2.10 bits per heavy atom. The summed E-state index contributed by atoms with van der Waals surface area (Å²) in [5.74, 6) is -0.362. The third-order valence-electron chi connectivity index (χ3n) is 2.51. The number of rotatable bonds is 10. The van der Waals surface area contributed by atoms with Crippen LogP contribution in [0.2, 0.25) is 0 Å². The first-order valence-corrected chi connectivity index (χ1v) is 7.33. The molecule has 0 saturated carbocycles. The van der Waals surface area contributed by atoms with Crippen molar-refractivity contribution in [3.05, 3.63) is 34.3 Å². The van der Waals surface area contributed by atoms with Crippen molar-refractivity contribution < 1.29 is 24.1 Å². The molecule has 21 heavy (non-hydrogen) atoms. The summed E-state index contributed by atoms with van der Waals surface area (Å²) in [5, 5.41) is 8.69. The van der Waals surface area contributed by atoms with Crippen molar-refractivity contribution in [3.63, 3.8) is 0 Å². The smallest absolute Gasteiger partial charge is 0.328 e. The van der Waals surface area contributed by atoms with Gasteiger partial charge in [0.25, 0.3) is 0 Å². The van der Waals surface area contributed by atoms with E-state index in [0.29, 0.717) is 37.7 Å². The minimum Gasteiger partial charge on any atom is -0.492 e. The van der Waals surface area contributed by atoms with Gasteiger partial charge in [0, 0.05) is 31.8 Å². The molecule has 0 aromatic heterocycles. The Labute approximate surface area is 132 Å². The Kier molecular flexibility index (Phi) is 8.73. The van der Waals surface area contributed by atoms with Crippen LogP contribution in [0, 0.1) is 0 Å². The number of aliphatic carboxylic acids is 1. The summed E-state index contributed by atoms with van der Waals surface area (Å²) in [6.45, 7) is 2.23. The van der Waals surface area contributed by atoms with E-state index in [1.807, 2.05) is 12.1 Å². The van der Waals surface area contributed by atoms with Gasteiger partial charge in [-0.1, -0.05) is 12.1 Å². The number of hydrogen-bond acceptors (Lipinski definition) is 4. The van der Waals surface area contributed by atoms with Gasteiger partial charge >= 0.3 is 5.97 Å². The Morgan fingerprint density at radius 1 is 1.29 bits per heavy atom. The average Bonchev–Trinajstić information content (AvgIpc) is 2.46. The van der Waals surface area contributed by atoms with Crippen molar-refractivity contribution in [2.45, 2.75) is 6.42 Å². The molecule has 0 spiro atoms. The summed E-state index contributed by atoms with van der Waals surface area (Å²) in [5.41, 5.74) is 0.715. The van der Waals surface area contributed by atoms with Crippen LogP contribution in [-0.4, -0.2) is 44.6 Å². The van der Waals surface area contributed by atoms with Gasteiger partial charge in [0.2, 0.25) is 0 Å². The van der Waals surface area contributed by atoms with E-state index in [0.717, 1.165) is 17.0 Å². The van der Waals surface area contributed by atoms with Crippen molar-refractivity contribution in [2.24, 2.45) is 0 Å². The van der Waals surface area contributed by atoms with E-state index >= 15 is 0 Å². The van der Waals surface area contributed by atoms with Gasteiger partial charge in [-0.25, -0.2) is 4.79 Å². The maximum Gasteiger partial charge on any atom is 0.328 e. The van der Waals surface area contributed by atoms with E-state index in [4.69, 9.17) is 19.3 Å². The lowest BCUT2D eigenvalue weighted by Crippen LogP contribution is -2.07. The maximum atomic E-state index is 10.6. The van der Waals surface area contributed by atoms with Gasteiger partial charge in [-0.05, 0) is 28.1 Å². The number of methoxy groups -OCH3 is 1. The number of carboxylic acid groups (broad SMARTS) is 1. The van der Waals surface area contributed by atoms with E-state index in [2.05, 4.69) is 15.9 Å². The van der Waals surface area contributed by atoms with Crippen LogP contribution < -0.4 is 4.74 Å². The zero-order chi connectivity index (χ0) is 15.5. The molecule has 116 valence electrons. The van der Waals surface area contributed by atoms with Crippen LogP contribution in [0.3, 0.4) is 0 Å². The number of hydrogen-bond donors (Lipinski definition) is 1. The minimum atomic E-state index is -0.993. The molecule has 0 aliphatic carbocycles. The maximum absolute atomic E-state index is 10.6. The predicted octanol–water partition coefficient (Wildman–Crippen LogP) is 2.98. The SMILES string of the molecule is COCCOCCCOc1c(Br)cccc1/C=C/C(=O)O. The highest BCUT2D eigenvalue weighted by molar-refractivity contribution is 9.10. The second-order valence-corrected chi connectivity index (χ2v) is 4.99. The molecule has 0 bridgehead atoms. The fraction of sp³-hybridized carbons (Fsp3) is 0.400. The van der Waals surface area contributed by atoms with E-state index in [1.165, 1.54) is 6.08 Å². The monoisotopic (exact) mass is 358 g/mol. The van der Waals surface area contributed by atoms with Crippen molar-refractivity contribution in [1.29, 1.82) is 0 Å². The molecule has 0 unspecified atom stereocenters. The zero-order valence-electron chi connectivity index (χ0n) is 11.9. The Balaban J connectivity index is 2.48. The van der Waals surface area contributed by atoms with Gasteiger partial charge in [0.15, 0.2) is 0 Å². The van der Waals surface area contributed by atoms with Crippen LogP contribution in [-0.2, 0) is 14.3 Å². The molecule has 0 radical (unpaired) electrons. The van der Waals surface area contributed by atoms with Gasteiger partial charge in [-0.2, -0.15) is 0 Å². The third kappa shape index (κ3) is 7.27. The number of ether oxygens (including phenoxy) is 3. The fourth-order valence-corrected chi connectivity index (χ4v) is 2.05. The number of benzene rings is 1. The molecule has 0 fully saturated rings. The van der Waals surface area contributed by atoms with E-state index < -0.39 is 5.97 Å². The highest BCUT2D eigenvalue weighted by Gasteiger charge is 2.06. The molecule has 0 heterocycles. The molecule has 5 nitrogen and oxygen atoms in total. The second-order valence-electron chi connectivity index (χ2n) is 4.14. The lowest BCUT2D eigenvalue weighted by Gasteiger charge is -2.11. The van der Waals surface area contributed by atoms with Gasteiger partial charge in [-0.3, -0.25) is 0 Å². The molecule has 1 aromatic carbocycles. The molecule has 0 amide bonds. The fourth-order valence-electron chi connectivity index (χ4n) is 1.55. The summed E-state index contributed by atoms with van der Waals surface area (Å²) in [7, 11) is 1.63. The van der Waals surface area contributed by atoms with E-state index in [-0.39, 0.29) is 0 Å². The first kappa shape index (κ1) is 17.7. The van der Waals surface area contributed by atoms with Crippen LogP contribution in [0.5, 0.6) is 5.75 Å². The number of carbonyl (C=O) groups is 1. The molecule has 0 aliphatic rings. The predicted molar refractivity (Wildman–Crippen MR) is 83.6 cm³/mol. The van der Waals surface area contributed by atoms with E-state index in [1.54, 1.807) is 13.2 Å². The molecule has 0 atom stereocenters. The standard InChI is InChI=1S/C15H19BrO5/c1-19-10-11-20-8-3-9-21-15-12(6-7-14(17)18)4-2-5-13(15)16/h2,4-7H,3,8-11H2,1H3,(H,17,18)/b7-6+. The molecule has 6 heteroatoms. The Hall–Kier alpha value is -1.37. The van der Waals surface area contributed by atoms with Crippen molar-refractivity contribution in [1.82, 2.24) is 0 Å². The topological polar surface area (TPSA) is 65.0 Å². The van der Waals surface area contributed by atoms with Crippen LogP contribution in [0.25, 0.3) is 6.08 Å². The van der Waals surface area contributed by atoms with Crippen LogP contribution in [0.15, 0.2) is 28.7 Å². The van der Waals surface area contributed by atoms with Crippen molar-refractivity contribution in [3.8, 4) is 5.75 Å². The summed E-state index contributed by atoms with van der Waals surface area (Å²) in [4.78, 5) is 10.6. The normalized spacial score (nSPS) is 11.0. The molecule has 1 aromatic rings. The number of carboxylic acids is 1. The van der Waals surface area contributed by atoms with Gasteiger partial charge in [0.1, 0.15) is 5.75 Å². The van der Waals surface area contributed by atoms with Gasteiger partial charge < -0.3 is 19.3 Å². The summed E-state index contributed by atoms with van der Waals surface area (Å²) < 4.78 is 16.7. The first-order valence-electron chi connectivity index (χ1n) is 6.54. The molecule has 0 aliphatic heterocycles. The van der Waals surface area contributed by atoms with Crippen LogP contribution in [0.1, 0.15) is 12.0 Å². The summed E-state index contributed by atoms with van der Waals surface area (Å²) in [6, 6.07) is 5.48. The van der Waals surface area contributed by atoms with E-state index in [9.17, 15) is 4.79 Å². The van der Waals surface area contributed by atoms with Gasteiger partial charge in [0.05, 0.1) is 24.3 Å². The minimum absolute atomic E-state index is 0.490. The van der Waals surface area contributed by atoms with Crippen molar-refractivity contribution >= 4 is 28.0 Å². The zero-order valence-corrected chi connectivity index (χ0v) is 13.5. The number of halogens is 1. The summed E-state index contributed by atoms with van der Waals surface area (Å²) >= 11 is 3.40. The average molecular weight is 359 g/mol. The molecule has 1 rings (SSSR count).